The van der Waals surface area contributed by atoms with Gasteiger partial charge in [-0.3, -0.25) is 38.4 Å². The van der Waals surface area contributed by atoms with Crippen LogP contribution in [0.25, 0.3) is 0 Å². The highest BCUT2D eigenvalue weighted by Gasteiger charge is 2.28. The van der Waals surface area contributed by atoms with Gasteiger partial charge in [0.15, 0.2) is 0 Å². The molecule has 572 valence electrons. The minimum atomic E-state index is -0.963. The summed E-state index contributed by atoms with van der Waals surface area (Å²) < 4.78 is 81.1. The molecule has 0 N–H and O–H groups in total. The van der Waals surface area contributed by atoms with Crippen LogP contribution >= 0.6 is 0 Å². The molecule has 26 heteroatoms. The molecule has 0 amide bonds. The Morgan fingerprint density at radius 3 is 0.679 bits per heavy atom. The van der Waals surface area contributed by atoms with Gasteiger partial charge < -0.3 is 66.3 Å². The predicted octanol–water partition coefficient (Wildman–Crippen LogP) is 10.7. The van der Waals surface area contributed by atoms with Gasteiger partial charge in [-0.1, -0.05) is 79.7 Å². The van der Waals surface area contributed by atoms with Gasteiger partial charge >= 0.3 is 59.7 Å². The third-order valence-electron chi connectivity index (χ3n) is 15.8. The number of Topliss-reactive ketones (excluding diaryl/α,β-unsaturated/α-hetero) is 2. The predicted molar refractivity (Wildman–Crippen MR) is 382 cm³/mol. The van der Waals surface area contributed by atoms with Gasteiger partial charge in [-0.15, -0.1) is 0 Å². The number of fused-ring (bicyclic) bond motifs is 8. The van der Waals surface area contributed by atoms with Gasteiger partial charge in [0, 0.05) is 25.7 Å². The van der Waals surface area contributed by atoms with E-state index in [4.69, 9.17) is 56.8 Å². The van der Waals surface area contributed by atoms with Crippen molar-refractivity contribution >= 4 is 71.3 Å². The molecular weight excluding hydrogens is 1380 g/mol. The van der Waals surface area contributed by atoms with Gasteiger partial charge in [-0.25, -0.2) is 19.2 Å². The zero-order chi connectivity index (χ0) is 77.8. The molecule has 26 nitrogen and oxygen atoms in total. The van der Waals surface area contributed by atoms with E-state index in [1.54, 1.807) is 24.3 Å². The standard InChI is InChI=1S/C80H96O26/c1-13-17-21-95-73-59-27-55(45-103-77(89)49(5)41-99-69(85)25-53(9)81)29-61(73)36-63-31-57(47-105-79(91)51(7)43-101-71(87)39-67(83)93-11)33-65(75(63)97-23-19-15-3)38-66-34-58(48-106-80(92)52(8)44-102-72(88)40-68(84)94-12)32-64(76(66)98-24-20-16-4)37-62-30-56(28-60(35-59)74(62)96-22-18-14-2)46-104-78(90)50(6)42-100-70(86)26-54(10)82/h27-34H,5-8,13-26,35-48H2,1-4,9-12H3. The Kier molecular flexibility index (Phi) is 36.1. The number of unbranched alkanes of at least 4 members (excludes halogenated alkanes) is 4. The van der Waals surface area contributed by atoms with Crippen molar-refractivity contribution in [1.29, 1.82) is 0 Å². The third kappa shape index (κ3) is 29.0. The van der Waals surface area contributed by atoms with Crippen LogP contribution in [0.2, 0.25) is 0 Å². The van der Waals surface area contributed by atoms with Crippen LogP contribution in [0, 0.1) is 0 Å². The Labute approximate surface area is 617 Å². The zero-order valence-corrected chi connectivity index (χ0v) is 61.9. The smallest absolute Gasteiger partial charge is 0.337 e. The molecule has 0 radical (unpaired) electrons. The van der Waals surface area contributed by atoms with Crippen LogP contribution in [0.3, 0.4) is 0 Å². The van der Waals surface area contributed by atoms with Gasteiger partial charge in [0.05, 0.1) is 62.9 Å². The van der Waals surface area contributed by atoms with Crippen LogP contribution in [0.4, 0.5) is 0 Å². The van der Waals surface area contributed by atoms with E-state index in [1.807, 2.05) is 52.0 Å². The molecule has 5 rings (SSSR count). The first-order valence-electron chi connectivity index (χ1n) is 34.9. The second-order valence-electron chi connectivity index (χ2n) is 25.1. The summed E-state index contributed by atoms with van der Waals surface area (Å²) in [4.78, 5) is 152. The highest BCUT2D eigenvalue weighted by atomic mass is 16.6. The molecule has 0 saturated carbocycles. The van der Waals surface area contributed by atoms with Gasteiger partial charge in [0.1, 0.15) is 113 Å². The van der Waals surface area contributed by atoms with Crippen molar-refractivity contribution in [3.8, 4) is 23.0 Å². The SMILES string of the molecule is C=C(COC(=O)CC(C)=O)C(=O)OCc1cc2c(OCCCC)c(c1)Cc1cc(COC(=O)C(=C)COC(=O)CC(=O)OC)cc(c1OCCCC)Cc1cc(COC(=O)C(=C)COC(=O)CC(=O)OC)cc(c1OCCCC)Cc1cc(COC(=O)C(=C)COC(=O)CC(C)=O)cc(c1OCCCC)C2. The Hall–Kier alpha value is -10.9. The quantitative estimate of drug-likeness (QED) is 0.0115. The number of rotatable bonds is 44. The Morgan fingerprint density at radius 1 is 0.302 bits per heavy atom. The lowest BCUT2D eigenvalue weighted by atomic mass is 9.88. The summed E-state index contributed by atoms with van der Waals surface area (Å²) in [5.74, 6) is -8.18. The van der Waals surface area contributed by atoms with Crippen molar-refractivity contribution in [2.45, 2.75) is 171 Å². The van der Waals surface area contributed by atoms with E-state index < -0.39 is 123 Å². The number of carbonyl (C=O) groups excluding carboxylic acids is 12. The molecule has 0 unspecified atom stereocenters. The molecule has 8 bridgehead atoms. The minimum absolute atomic E-state index is 0.0162. The number of benzene rings is 4. The van der Waals surface area contributed by atoms with Crippen LogP contribution in [0.15, 0.2) is 97.1 Å². The summed E-state index contributed by atoms with van der Waals surface area (Å²) in [6.07, 6.45) is 3.04. The molecule has 0 saturated heterocycles. The average Bonchev–Trinajstić information content (AvgIpc) is 0.774. The molecule has 0 spiro atoms. The second-order valence-corrected chi connectivity index (χ2v) is 25.1. The highest BCUT2D eigenvalue weighted by molar-refractivity contribution is 5.96. The zero-order valence-electron chi connectivity index (χ0n) is 61.9. The lowest BCUT2D eigenvalue weighted by Crippen LogP contribution is -2.17. The maximum absolute atomic E-state index is 13.8. The highest BCUT2D eigenvalue weighted by Crippen LogP contribution is 2.42. The number of hydrogen-bond donors (Lipinski definition) is 0. The Morgan fingerprint density at radius 2 is 0.500 bits per heavy atom. The van der Waals surface area contributed by atoms with Crippen molar-refractivity contribution in [1.82, 2.24) is 0 Å². The number of carbonyl (C=O) groups is 12. The number of esters is 10. The maximum Gasteiger partial charge on any atom is 0.337 e. The van der Waals surface area contributed by atoms with Gasteiger partial charge in [0.2, 0.25) is 0 Å². The van der Waals surface area contributed by atoms with Crippen LogP contribution in [0.1, 0.15) is 185 Å². The van der Waals surface area contributed by atoms with Crippen LogP contribution in [-0.4, -0.2) is 138 Å². The molecule has 0 aliphatic heterocycles. The van der Waals surface area contributed by atoms with E-state index >= 15 is 0 Å². The second kappa shape index (κ2) is 44.7. The van der Waals surface area contributed by atoms with Crippen LogP contribution < -0.4 is 18.9 Å². The fourth-order valence-electron chi connectivity index (χ4n) is 10.4. The summed E-state index contributed by atoms with van der Waals surface area (Å²) in [6, 6.07) is 14.5. The lowest BCUT2D eigenvalue weighted by Gasteiger charge is -2.25. The first kappa shape index (κ1) is 85.7. The summed E-state index contributed by atoms with van der Waals surface area (Å²) in [6.45, 7) is 22.7. The molecule has 106 heavy (non-hydrogen) atoms. The van der Waals surface area contributed by atoms with E-state index in [9.17, 15) is 57.5 Å². The largest absolute Gasteiger partial charge is 0.493 e. The fraction of sp³-hybridized carbons (Fsp3) is 0.450. The van der Waals surface area contributed by atoms with Crippen molar-refractivity contribution in [2.24, 2.45) is 0 Å². The molecule has 1 aliphatic carbocycles. The fourth-order valence-corrected chi connectivity index (χ4v) is 10.4. The normalized spacial score (nSPS) is 11.2. The van der Waals surface area contributed by atoms with E-state index in [-0.39, 0.29) is 101 Å². The summed E-state index contributed by atoms with van der Waals surface area (Å²) in [5.41, 5.74) is 5.32. The van der Waals surface area contributed by atoms with Crippen LogP contribution in [0.5, 0.6) is 23.0 Å². The van der Waals surface area contributed by atoms with Crippen molar-refractivity contribution < 1.29 is 124 Å². The number of methoxy groups -OCH3 is 2. The van der Waals surface area contributed by atoms with Crippen molar-refractivity contribution in [3.63, 3.8) is 0 Å². The monoisotopic (exact) mass is 1470 g/mol. The molecule has 4 aromatic rings. The third-order valence-corrected chi connectivity index (χ3v) is 15.8. The molecule has 0 atom stereocenters. The summed E-state index contributed by atoms with van der Waals surface area (Å²) in [5, 5.41) is 0. The summed E-state index contributed by atoms with van der Waals surface area (Å²) >= 11 is 0. The molecule has 4 aromatic carbocycles. The van der Waals surface area contributed by atoms with E-state index in [1.165, 1.54) is 13.8 Å². The minimum Gasteiger partial charge on any atom is -0.493 e. The van der Waals surface area contributed by atoms with Gasteiger partial charge in [-0.2, -0.15) is 0 Å². The number of ketones is 2. The maximum atomic E-state index is 13.8. The van der Waals surface area contributed by atoms with E-state index in [0.29, 0.717) is 115 Å². The number of hydrogen-bond acceptors (Lipinski definition) is 26. The Balaban J connectivity index is 1.90. The number of ether oxygens (including phenoxy) is 14. The summed E-state index contributed by atoms with van der Waals surface area (Å²) in [7, 11) is 2.22. The van der Waals surface area contributed by atoms with Crippen molar-refractivity contribution in [3.05, 3.63) is 164 Å². The molecular formula is C80H96O26. The Bertz CT molecular complexity index is 3630. The molecule has 0 aromatic heterocycles. The van der Waals surface area contributed by atoms with Crippen molar-refractivity contribution in [2.75, 3.05) is 67.1 Å². The average molecular weight is 1470 g/mol. The van der Waals surface area contributed by atoms with E-state index in [0.717, 1.165) is 39.9 Å². The molecule has 1 aliphatic rings. The van der Waals surface area contributed by atoms with E-state index in [2.05, 4.69) is 35.8 Å². The van der Waals surface area contributed by atoms with Gasteiger partial charge in [0.25, 0.3) is 0 Å². The first-order valence-corrected chi connectivity index (χ1v) is 34.9. The molecule has 0 fully saturated rings. The lowest BCUT2D eigenvalue weighted by molar-refractivity contribution is -0.155. The van der Waals surface area contributed by atoms with Crippen LogP contribution in [-0.2, 0) is 157 Å². The molecule has 0 heterocycles. The van der Waals surface area contributed by atoms with Gasteiger partial charge in [-0.05, 0) is 155 Å². The first-order chi connectivity index (χ1) is 50.7. The topological polar surface area (TPSA) is 334 Å².